The van der Waals surface area contributed by atoms with Crippen molar-refractivity contribution in [1.82, 2.24) is 19.7 Å². The van der Waals surface area contributed by atoms with E-state index in [0.717, 1.165) is 37.4 Å². The number of carbonyl (C=O) groups excluding carboxylic acids is 1. The van der Waals surface area contributed by atoms with E-state index in [-0.39, 0.29) is 12.0 Å². The molecule has 1 unspecified atom stereocenters. The van der Waals surface area contributed by atoms with Crippen molar-refractivity contribution in [2.24, 2.45) is 5.92 Å². The van der Waals surface area contributed by atoms with Gasteiger partial charge in [0.25, 0.3) is 5.91 Å². The Labute approximate surface area is 147 Å². The molecule has 0 bridgehead atoms. The highest BCUT2D eigenvalue weighted by Gasteiger charge is 2.30. The number of nitrogens with zero attached hydrogens (tertiary/aromatic N) is 4. The molecular weight excluding hydrogens is 316 g/mol. The Morgan fingerprint density at radius 2 is 2.16 bits per heavy atom. The van der Waals surface area contributed by atoms with Gasteiger partial charge in [-0.3, -0.25) is 14.5 Å². The number of aromatic nitrogens is 3. The summed E-state index contributed by atoms with van der Waals surface area (Å²) < 4.78 is 7.88. The monoisotopic (exact) mass is 340 g/mol. The molecule has 0 spiro atoms. The first-order valence-electron chi connectivity index (χ1n) is 9.15. The highest BCUT2D eigenvalue weighted by molar-refractivity contribution is 5.92. The molecule has 1 saturated carbocycles. The fraction of sp³-hybridized carbons (Fsp3) is 0.526. The number of pyridine rings is 1. The van der Waals surface area contributed by atoms with E-state index >= 15 is 0 Å². The molecule has 1 fully saturated rings. The zero-order valence-corrected chi connectivity index (χ0v) is 14.6. The van der Waals surface area contributed by atoms with Crippen LogP contribution < -0.4 is 4.74 Å². The number of carbonyl (C=O) groups is 1. The number of amides is 1. The van der Waals surface area contributed by atoms with E-state index in [9.17, 15) is 4.79 Å². The number of ether oxygens (including phenoxy) is 1. The number of fused-ring (bicyclic) bond motifs is 1. The lowest BCUT2D eigenvalue weighted by atomic mass is 10.2. The summed E-state index contributed by atoms with van der Waals surface area (Å²) in [5.41, 5.74) is 1.65. The van der Waals surface area contributed by atoms with Crippen LogP contribution in [0.15, 0.2) is 30.6 Å². The van der Waals surface area contributed by atoms with Crippen molar-refractivity contribution in [3.8, 4) is 5.75 Å². The van der Waals surface area contributed by atoms with Gasteiger partial charge in [-0.15, -0.1) is 0 Å². The smallest absolute Gasteiger partial charge is 0.274 e. The third-order valence-electron chi connectivity index (χ3n) is 4.80. The van der Waals surface area contributed by atoms with E-state index in [1.54, 1.807) is 12.4 Å². The predicted molar refractivity (Wildman–Crippen MR) is 93.5 cm³/mol. The molecule has 2 aromatic rings. The highest BCUT2D eigenvalue weighted by atomic mass is 16.5. The molecule has 0 radical (unpaired) electrons. The SMILES string of the molecule is CCCN(CC1CC1)C(=O)c1cc2n(n1)CC(Oc1ccncc1)C2. The minimum absolute atomic E-state index is 0.0623. The van der Waals surface area contributed by atoms with Gasteiger partial charge in [-0.05, 0) is 43.4 Å². The quantitative estimate of drug-likeness (QED) is 0.777. The minimum Gasteiger partial charge on any atom is -0.488 e. The average Bonchev–Trinajstić information content (AvgIpc) is 3.23. The molecule has 2 aromatic heterocycles. The van der Waals surface area contributed by atoms with Crippen LogP contribution in [-0.4, -0.2) is 44.8 Å². The van der Waals surface area contributed by atoms with Gasteiger partial charge in [-0.1, -0.05) is 6.92 Å². The van der Waals surface area contributed by atoms with Gasteiger partial charge in [-0.2, -0.15) is 5.10 Å². The lowest BCUT2D eigenvalue weighted by Crippen LogP contribution is -2.34. The first-order valence-corrected chi connectivity index (χ1v) is 9.15. The molecular formula is C19H24N4O2. The summed E-state index contributed by atoms with van der Waals surface area (Å²) in [6.45, 7) is 4.48. The second-order valence-corrected chi connectivity index (χ2v) is 7.02. The zero-order chi connectivity index (χ0) is 17.2. The molecule has 6 nitrogen and oxygen atoms in total. The third kappa shape index (κ3) is 3.67. The molecule has 1 aliphatic heterocycles. The predicted octanol–water partition coefficient (Wildman–Crippen LogP) is 2.54. The Morgan fingerprint density at radius 1 is 1.36 bits per heavy atom. The van der Waals surface area contributed by atoms with Gasteiger partial charge >= 0.3 is 0 Å². The molecule has 1 atom stereocenters. The van der Waals surface area contributed by atoms with E-state index in [4.69, 9.17) is 4.74 Å². The zero-order valence-electron chi connectivity index (χ0n) is 14.6. The summed E-state index contributed by atoms with van der Waals surface area (Å²) in [6, 6.07) is 5.65. The molecule has 6 heteroatoms. The van der Waals surface area contributed by atoms with Gasteiger partial charge in [0, 0.05) is 37.6 Å². The number of rotatable bonds is 7. The molecule has 1 aliphatic carbocycles. The van der Waals surface area contributed by atoms with Crippen molar-refractivity contribution in [2.45, 2.75) is 45.3 Å². The summed E-state index contributed by atoms with van der Waals surface area (Å²) in [6.07, 6.45) is 7.77. The highest BCUT2D eigenvalue weighted by Crippen LogP contribution is 2.30. The Hall–Kier alpha value is -2.37. The summed E-state index contributed by atoms with van der Waals surface area (Å²) in [5.74, 6) is 1.59. The second kappa shape index (κ2) is 6.86. The van der Waals surface area contributed by atoms with Crippen LogP contribution >= 0.6 is 0 Å². The van der Waals surface area contributed by atoms with Crippen LogP contribution in [0.25, 0.3) is 0 Å². The van der Waals surface area contributed by atoms with Gasteiger partial charge in [0.05, 0.1) is 6.54 Å². The van der Waals surface area contributed by atoms with Gasteiger partial charge in [0.2, 0.25) is 0 Å². The van der Waals surface area contributed by atoms with Gasteiger partial charge in [-0.25, -0.2) is 0 Å². The van der Waals surface area contributed by atoms with E-state index < -0.39 is 0 Å². The van der Waals surface area contributed by atoms with Crippen molar-refractivity contribution >= 4 is 5.91 Å². The summed E-state index contributed by atoms with van der Waals surface area (Å²) in [5, 5.41) is 4.55. The van der Waals surface area contributed by atoms with Crippen molar-refractivity contribution in [1.29, 1.82) is 0 Å². The standard InChI is InChI=1S/C19H24N4O2/c1-2-9-22(12-14-3-4-14)19(24)18-11-15-10-17(13-23(15)21-18)25-16-5-7-20-8-6-16/h5-8,11,14,17H,2-4,9-10,12-13H2,1H3. The van der Waals surface area contributed by atoms with Crippen molar-refractivity contribution < 1.29 is 9.53 Å². The van der Waals surface area contributed by atoms with Gasteiger partial charge < -0.3 is 9.64 Å². The number of hydrogen-bond acceptors (Lipinski definition) is 4. The van der Waals surface area contributed by atoms with Crippen LogP contribution in [0.5, 0.6) is 5.75 Å². The van der Waals surface area contributed by atoms with Crippen LogP contribution in [0.4, 0.5) is 0 Å². The molecule has 25 heavy (non-hydrogen) atoms. The van der Waals surface area contributed by atoms with Crippen LogP contribution in [0.3, 0.4) is 0 Å². The number of hydrogen-bond donors (Lipinski definition) is 0. The molecule has 0 N–H and O–H groups in total. The molecule has 2 aliphatic rings. The van der Waals surface area contributed by atoms with Crippen molar-refractivity contribution in [2.75, 3.05) is 13.1 Å². The first kappa shape index (κ1) is 16.1. The van der Waals surface area contributed by atoms with Gasteiger partial charge in [0.1, 0.15) is 11.9 Å². The van der Waals surface area contributed by atoms with E-state index in [2.05, 4.69) is 17.0 Å². The molecule has 3 heterocycles. The second-order valence-electron chi connectivity index (χ2n) is 7.02. The molecule has 1 amide bonds. The van der Waals surface area contributed by atoms with Crippen molar-refractivity contribution in [3.63, 3.8) is 0 Å². The van der Waals surface area contributed by atoms with Crippen molar-refractivity contribution in [3.05, 3.63) is 42.0 Å². The summed E-state index contributed by atoms with van der Waals surface area (Å²) >= 11 is 0. The first-order chi connectivity index (χ1) is 12.2. The average molecular weight is 340 g/mol. The van der Waals surface area contributed by atoms with Crippen LogP contribution in [0.1, 0.15) is 42.4 Å². The molecule has 4 rings (SSSR count). The van der Waals surface area contributed by atoms with Crippen LogP contribution in [-0.2, 0) is 13.0 Å². The maximum atomic E-state index is 12.8. The lowest BCUT2D eigenvalue weighted by molar-refractivity contribution is 0.0740. The van der Waals surface area contributed by atoms with Crippen LogP contribution in [0.2, 0.25) is 0 Å². The Morgan fingerprint density at radius 3 is 2.84 bits per heavy atom. The van der Waals surface area contributed by atoms with Gasteiger partial charge in [0.15, 0.2) is 5.69 Å². The topological polar surface area (TPSA) is 60.2 Å². The minimum atomic E-state index is 0.0623. The Balaban J connectivity index is 1.40. The maximum absolute atomic E-state index is 12.8. The maximum Gasteiger partial charge on any atom is 0.274 e. The fourth-order valence-electron chi connectivity index (χ4n) is 3.38. The summed E-state index contributed by atoms with van der Waals surface area (Å²) in [4.78, 5) is 18.8. The molecule has 0 saturated heterocycles. The normalized spacial score (nSPS) is 18.8. The van der Waals surface area contributed by atoms with E-state index in [1.165, 1.54) is 12.8 Å². The lowest BCUT2D eigenvalue weighted by Gasteiger charge is -2.21. The molecule has 0 aromatic carbocycles. The fourth-order valence-corrected chi connectivity index (χ4v) is 3.38. The van der Waals surface area contributed by atoms with Crippen LogP contribution in [0, 0.1) is 5.92 Å². The van der Waals surface area contributed by atoms with E-state index in [1.807, 2.05) is 27.8 Å². The summed E-state index contributed by atoms with van der Waals surface area (Å²) in [7, 11) is 0. The largest absolute Gasteiger partial charge is 0.488 e. The Bertz CT molecular complexity index is 716. The third-order valence-corrected chi connectivity index (χ3v) is 4.80. The molecule has 132 valence electrons. The Kier molecular flexibility index (Phi) is 4.42. The van der Waals surface area contributed by atoms with E-state index in [0.29, 0.717) is 18.2 Å².